The van der Waals surface area contributed by atoms with E-state index in [1.54, 1.807) is 0 Å². The summed E-state index contributed by atoms with van der Waals surface area (Å²) >= 11 is 0. The van der Waals surface area contributed by atoms with Gasteiger partial charge in [-0.3, -0.25) is 9.59 Å². The quantitative estimate of drug-likeness (QED) is 0.520. The first-order valence-corrected chi connectivity index (χ1v) is 5.97. The summed E-state index contributed by atoms with van der Waals surface area (Å²) in [5, 5.41) is 12.7. The average Bonchev–Trinajstić information content (AvgIpc) is 2.28. The third-order valence-electron chi connectivity index (χ3n) is 3.83. The van der Waals surface area contributed by atoms with Crippen LogP contribution < -0.4 is 11.1 Å². The number of carbonyl (C=O) groups is 2. The first-order chi connectivity index (χ1) is 7.98. The molecule has 2 fully saturated rings. The second-order valence-corrected chi connectivity index (χ2v) is 5.05. The predicted octanol–water partition coefficient (Wildman–Crippen LogP) is -1.57. The van der Waals surface area contributed by atoms with Gasteiger partial charge in [-0.2, -0.15) is 0 Å². The summed E-state index contributed by atoms with van der Waals surface area (Å²) in [6.45, 7) is 3.67. The molecule has 1 spiro atoms. The largest absolute Gasteiger partial charge is 0.391 e. The zero-order valence-corrected chi connectivity index (χ0v) is 9.98. The molecule has 2 rings (SSSR count). The summed E-state index contributed by atoms with van der Waals surface area (Å²) < 4.78 is 0. The van der Waals surface area contributed by atoms with Gasteiger partial charge in [-0.15, -0.1) is 0 Å². The van der Waals surface area contributed by atoms with Crippen LogP contribution in [0.15, 0.2) is 0 Å². The van der Waals surface area contributed by atoms with E-state index in [4.69, 9.17) is 5.73 Å². The van der Waals surface area contributed by atoms with Gasteiger partial charge in [0, 0.05) is 6.54 Å². The summed E-state index contributed by atoms with van der Waals surface area (Å²) in [7, 11) is 0. The molecular weight excluding hydrogens is 222 g/mol. The van der Waals surface area contributed by atoms with Crippen molar-refractivity contribution in [3.05, 3.63) is 0 Å². The van der Waals surface area contributed by atoms with Crippen LogP contribution in [0.3, 0.4) is 0 Å². The van der Waals surface area contributed by atoms with E-state index in [9.17, 15) is 14.7 Å². The third kappa shape index (κ3) is 1.91. The molecule has 2 aliphatic rings. The molecule has 2 saturated heterocycles. The van der Waals surface area contributed by atoms with Gasteiger partial charge in [0.1, 0.15) is 6.04 Å². The number of nitrogens with two attached hydrogens (primary N) is 1. The van der Waals surface area contributed by atoms with Crippen molar-refractivity contribution >= 4 is 11.8 Å². The normalized spacial score (nSPS) is 26.5. The Morgan fingerprint density at radius 2 is 2.12 bits per heavy atom. The van der Waals surface area contributed by atoms with E-state index in [-0.39, 0.29) is 11.3 Å². The van der Waals surface area contributed by atoms with E-state index in [1.807, 2.05) is 0 Å². The zero-order chi connectivity index (χ0) is 12.6. The molecule has 17 heavy (non-hydrogen) atoms. The van der Waals surface area contributed by atoms with E-state index in [0.29, 0.717) is 6.54 Å². The Morgan fingerprint density at radius 1 is 1.53 bits per heavy atom. The molecule has 0 aromatic carbocycles. The number of likely N-dealkylation sites (tertiary alicyclic amines) is 1. The van der Waals surface area contributed by atoms with Gasteiger partial charge in [0.15, 0.2) is 0 Å². The van der Waals surface area contributed by atoms with E-state index in [1.165, 1.54) is 11.8 Å². The van der Waals surface area contributed by atoms with Crippen molar-refractivity contribution in [2.24, 2.45) is 11.1 Å². The van der Waals surface area contributed by atoms with Gasteiger partial charge < -0.3 is 21.1 Å². The molecule has 0 bridgehead atoms. The number of β-lactam (4-membered cyclic amide) rings is 1. The summed E-state index contributed by atoms with van der Waals surface area (Å²) in [6, 6.07) is -0.886. The molecule has 4 N–H and O–H groups in total. The number of primary amides is 1. The maximum Gasteiger partial charge on any atom is 0.242 e. The van der Waals surface area contributed by atoms with Crippen LogP contribution in [0, 0.1) is 5.41 Å². The molecule has 0 aliphatic carbocycles. The molecule has 0 aromatic heterocycles. The fourth-order valence-corrected chi connectivity index (χ4v) is 2.83. The van der Waals surface area contributed by atoms with E-state index in [2.05, 4.69) is 5.32 Å². The number of amides is 2. The smallest absolute Gasteiger partial charge is 0.242 e. The number of piperidine rings is 1. The number of aliphatic hydroxyl groups excluding tert-OH is 1. The Kier molecular flexibility index (Phi) is 3.09. The van der Waals surface area contributed by atoms with Crippen molar-refractivity contribution in [1.82, 2.24) is 10.2 Å². The molecule has 96 valence electrons. The topological polar surface area (TPSA) is 95.7 Å². The lowest BCUT2D eigenvalue weighted by molar-refractivity contribution is -0.174. The summed E-state index contributed by atoms with van der Waals surface area (Å²) in [5.74, 6) is -0.680. The summed E-state index contributed by atoms with van der Waals surface area (Å²) in [5.41, 5.74) is 4.91. The number of aliphatic hydroxyl groups is 1. The third-order valence-corrected chi connectivity index (χ3v) is 3.83. The molecule has 6 nitrogen and oxygen atoms in total. The van der Waals surface area contributed by atoms with Gasteiger partial charge in [-0.1, -0.05) is 0 Å². The first-order valence-electron chi connectivity index (χ1n) is 5.97. The SMILES string of the molecule is C[C@@H](O)[C@@H](C(N)=O)N1CC2(CCNCC2)C1=O. The lowest BCUT2D eigenvalue weighted by Gasteiger charge is -2.53. The van der Waals surface area contributed by atoms with Gasteiger partial charge in [0.25, 0.3) is 0 Å². The van der Waals surface area contributed by atoms with Crippen molar-refractivity contribution in [3.8, 4) is 0 Å². The molecule has 2 heterocycles. The van der Waals surface area contributed by atoms with E-state index in [0.717, 1.165) is 25.9 Å². The van der Waals surface area contributed by atoms with Crippen LogP contribution in [-0.2, 0) is 9.59 Å². The fourth-order valence-electron chi connectivity index (χ4n) is 2.83. The predicted molar refractivity (Wildman–Crippen MR) is 60.9 cm³/mol. The molecule has 0 aromatic rings. The molecule has 2 atom stereocenters. The maximum atomic E-state index is 12.2. The van der Waals surface area contributed by atoms with Crippen molar-refractivity contribution in [2.45, 2.75) is 31.9 Å². The van der Waals surface area contributed by atoms with Crippen molar-refractivity contribution < 1.29 is 14.7 Å². The van der Waals surface area contributed by atoms with Crippen molar-refractivity contribution in [1.29, 1.82) is 0 Å². The molecule has 6 heteroatoms. The van der Waals surface area contributed by atoms with Crippen LogP contribution in [-0.4, -0.2) is 53.6 Å². The van der Waals surface area contributed by atoms with Crippen molar-refractivity contribution in [2.75, 3.05) is 19.6 Å². The van der Waals surface area contributed by atoms with Gasteiger partial charge in [0.2, 0.25) is 11.8 Å². The summed E-state index contributed by atoms with van der Waals surface area (Å²) in [6.07, 6.45) is 0.678. The van der Waals surface area contributed by atoms with E-state index < -0.39 is 18.1 Å². The Labute approximate surface area is 100 Å². The first kappa shape index (κ1) is 12.3. The van der Waals surface area contributed by atoms with Crippen LogP contribution in [0.1, 0.15) is 19.8 Å². The second-order valence-electron chi connectivity index (χ2n) is 5.05. The number of rotatable bonds is 3. The van der Waals surface area contributed by atoms with E-state index >= 15 is 0 Å². The number of hydrogen-bond donors (Lipinski definition) is 3. The van der Waals surface area contributed by atoms with Gasteiger partial charge in [-0.05, 0) is 32.9 Å². The summed E-state index contributed by atoms with van der Waals surface area (Å²) in [4.78, 5) is 24.8. The Balaban J connectivity index is 2.07. The fraction of sp³-hybridized carbons (Fsp3) is 0.818. The van der Waals surface area contributed by atoms with Crippen LogP contribution >= 0.6 is 0 Å². The van der Waals surface area contributed by atoms with Gasteiger partial charge in [0.05, 0.1) is 11.5 Å². The lowest BCUT2D eigenvalue weighted by Crippen LogP contribution is -2.70. The molecule has 2 amide bonds. The van der Waals surface area contributed by atoms with Crippen LogP contribution in [0.2, 0.25) is 0 Å². The number of nitrogens with one attached hydrogen (secondary N) is 1. The molecule has 2 aliphatic heterocycles. The molecule has 0 saturated carbocycles. The minimum atomic E-state index is -0.921. The number of carbonyl (C=O) groups excluding carboxylic acids is 2. The van der Waals surface area contributed by atoms with Crippen molar-refractivity contribution in [3.63, 3.8) is 0 Å². The molecular formula is C11H19N3O3. The Bertz CT molecular complexity index is 337. The van der Waals surface area contributed by atoms with Crippen LogP contribution in [0.5, 0.6) is 0 Å². The van der Waals surface area contributed by atoms with Crippen LogP contribution in [0.25, 0.3) is 0 Å². The molecule has 0 radical (unpaired) electrons. The highest BCUT2D eigenvalue weighted by Crippen LogP contribution is 2.41. The number of nitrogens with zero attached hydrogens (tertiary/aromatic N) is 1. The minimum absolute atomic E-state index is 0.0382. The molecule has 0 unspecified atom stereocenters. The highest BCUT2D eigenvalue weighted by atomic mass is 16.3. The average molecular weight is 241 g/mol. The monoisotopic (exact) mass is 241 g/mol. The number of hydrogen-bond acceptors (Lipinski definition) is 4. The Hall–Kier alpha value is -1.14. The standard InChI is InChI=1S/C11H19N3O3/c1-7(15)8(9(12)16)14-6-11(10(14)17)2-4-13-5-3-11/h7-8,13,15H,2-6H2,1H3,(H2,12,16)/t7-,8+/m1/s1. The maximum absolute atomic E-state index is 12.2. The second kappa shape index (κ2) is 4.27. The lowest BCUT2D eigenvalue weighted by atomic mass is 9.70. The van der Waals surface area contributed by atoms with Gasteiger partial charge in [-0.25, -0.2) is 0 Å². The highest BCUT2D eigenvalue weighted by molar-refractivity contribution is 5.94. The van der Waals surface area contributed by atoms with Crippen LogP contribution in [0.4, 0.5) is 0 Å². The Morgan fingerprint density at radius 3 is 2.53 bits per heavy atom. The van der Waals surface area contributed by atoms with Gasteiger partial charge >= 0.3 is 0 Å². The zero-order valence-electron chi connectivity index (χ0n) is 9.98. The minimum Gasteiger partial charge on any atom is -0.391 e. The highest BCUT2D eigenvalue weighted by Gasteiger charge is 2.55.